The number of fused-ring (bicyclic) bond motifs is 1. The van der Waals surface area contributed by atoms with E-state index in [4.69, 9.17) is 11.6 Å². The van der Waals surface area contributed by atoms with Crippen LogP contribution in [0.4, 0.5) is 5.69 Å². The molecule has 0 saturated heterocycles. The van der Waals surface area contributed by atoms with Gasteiger partial charge in [0.1, 0.15) is 10.5 Å². The van der Waals surface area contributed by atoms with Crippen molar-refractivity contribution in [1.82, 2.24) is 9.97 Å². The summed E-state index contributed by atoms with van der Waals surface area (Å²) in [6.07, 6.45) is 3.03. The zero-order valence-electron chi connectivity index (χ0n) is 10.2. The third-order valence-electron chi connectivity index (χ3n) is 2.80. The predicted molar refractivity (Wildman–Crippen MR) is 78.4 cm³/mol. The molecule has 102 valence electrons. The van der Waals surface area contributed by atoms with Crippen LogP contribution in [0.2, 0.25) is 5.02 Å². The highest BCUT2D eigenvalue weighted by atomic mass is 35.5. The first-order valence-electron chi connectivity index (χ1n) is 5.77. The van der Waals surface area contributed by atoms with Gasteiger partial charge in [-0.2, -0.15) is 0 Å². The van der Waals surface area contributed by atoms with Gasteiger partial charge in [-0.15, -0.1) is 0 Å². The van der Waals surface area contributed by atoms with E-state index in [9.17, 15) is 8.42 Å². The van der Waals surface area contributed by atoms with Crippen LogP contribution in [-0.4, -0.2) is 18.4 Å². The lowest BCUT2D eigenvalue weighted by atomic mass is 10.3. The third kappa shape index (κ3) is 2.35. The lowest BCUT2D eigenvalue weighted by Gasteiger charge is -2.06. The Bertz CT molecular complexity index is 857. The number of nitrogens with one attached hydrogen (secondary N) is 2. The third-order valence-corrected chi connectivity index (χ3v) is 4.47. The van der Waals surface area contributed by atoms with Crippen LogP contribution < -0.4 is 4.72 Å². The van der Waals surface area contributed by atoms with Crippen molar-refractivity contribution in [3.05, 3.63) is 53.8 Å². The Kier molecular flexibility index (Phi) is 3.11. The summed E-state index contributed by atoms with van der Waals surface area (Å²) in [6.45, 7) is 0. The molecule has 2 heterocycles. The lowest BCUT2D eigenvalue weighted by Crippen LogP contribution is -2.12. The number of benzene rings is 1. The monoisotopic (exact) mass is 307 g/mol. The Hall–Kier alpha value is -2.05. The van der Waals surface area contributed by atoms with Crippen LogP contribution in [0.15, 0.2) is 53.7 Å². The number of nitrogens with zero attached hydrogens (tertiary/aromatic N) is 1. The van der Waals surface area contributed by atoms with E-state index >= 15 is 0 Å². The molecule has 0 aliphatic carbocycles. The van der Waals surface area contributed by atoms with E-state index < -0.39 is 10.0 Å². The van der Waals surface area contributed by atoms with E-state index in [0.717, 1.165) is 0 Å². The summed E-state index contributed by atoms with van der Waals surface area (Å²) in [6, 6.07) is 9.85. The first kappa shape index (κ1) is 13.0. The summed E-state index contributed by atoms with van der Waals surface area (Å²) in [5.74, 6) is 0. The largest absolute Gasteiger partial charge is 0.345 e. The number of hydrogen-bond acceptors (Lipinski definition) is 3. The molecule has 3 rings (SSSR count). The van der Waals surface area contributed by atoms with Crippen LogP contribution in [-0.2, 0) is 10.0 Å². The van der Waals surface area contributed by atoms with Gasteiger partial charge in [0, 0.05) is 28.5 Å². The topological polar surface area (TPSA) is 74.8 Å². The van der Waals surface area contributed by atoms with Crippen molar-refractivity contribution >= 4 is 38.3 Å². The molecular formula is C13H10ClN3O2S. The second-order valence-corrected chi connectivity index (χ2v) is 6.25. The molecule has 0 aliphatic rings. The molecule has 5 nitrogen and oxygen atoms in total. The highest BCUT2D eigenvalue weighted by Crippen LogP contribution is 2.24. The Morgan fingerprint density at radius 2 is 1.90 bits per heavy atom. The van der Waals surface area contributed by atoms with Crippen molar-refractivity contribution in [3.63, 3.8) is 0 Å². The number of halogens is 1. The Morgan fingerprint density at radius 1 is 1.15 bits per heavy atom. The number of hydrogen-bond donors (Lipinski definition) is 2. The summed E-state index contributed by atoms with van der Waals surface area (Å²) in [5, 5.41) is 1.10. The van der Waals surface area contributed by atoms with Crippen LogP contribution in [0.5, 0.6) is 0 Å². The van der Waals surface area contributed by atoms with Gasteiger partial charge in [-0.25, -0.2) is 13.4 Å². The maximum atomic E-state index is 12.4. The molecule has 0 unspecified atom stereocenters. The minimum Gasteiger partial charge on any atom is -0.345 e. The zero-order chi connectivity index (χ0) is 14.2. The molecule has 0 bridgehead atoms. The fraction of sp³-hybridized carbons (Fsp3) is 0. The van der Waals surface area contributed by atoms with Gasteiger partial charge in [0.2, 0.25) is 0 Å². The predicted octanol–water partition coefficient (Wildman–Crippen LogP) is 3.02. The van der Waals surface area contributed by atoms with Gasteiger partial charge in [0.05, 0.1) is 0 Å². The smallest absolute Gasteiger partial charge is 0.264 e. The number of pyridine rings is 1. The first-order valence-corrected chi connectivity index (χ1v) is 7.63. The van der Waals surface area contributed by atoms with Gasteiger partial charge >= 0.3 is 0 Å². The van der Waals surface area contributed by atoms with Crippen molar-refractivity contribution in [2.45, 2.75) is 4.90 Å². The average Bonchev–Trinajstić information content (AvgIpc) is 2.86. The van der Waals surface area contributed by atoms with Crippen molar-refractivity contribution in [1.29, 1.82) is 0 Å². The maximum Gasteiger partial charge on any atom is 0.264 e. The number of H-pyrrole nitrogens is 1. The maximum absolute atomic E-state index is 12.4. The number of anilines is 1. The van der Waals surface area contributed by atoms with E-state index in [-0.39, 0.29) is 4.90 Å². The highest BCUT2D eigenvalue weighted by molar-refractivity contribution is 7.93. The Labute approximate surface area is 120 Å². The first-order chi connectivity index (χ1) is 9.56. The fourth-order valence-electron chi connectivity index (χ4n) is 1.88. The molecule has 2 aromatic heterocycles. The molecule has 0 fully saturated rings. The van der Waals surface area contributed by atoms with E-state index in [1.165, 1.54) is 6.20 Å². The summed E-state index contributed by atoms with van der Waals surface area (Å²) < 4.78 is 27.2. The highest BCUT2D eigenvalue weighted by Gasteiger charge is 2.19. The van der Waals surface area contributed by atoms with Gasteiger partial charge in [0.15, 0.2) is 0 Å². The van der Waals surface area contributed by atoms with E-state index in [2.05, 4.69) is 14.7 Å². The molecule has 0 spiro atoms. The van der Waals surface area contributed by atoms with E-state index in [0.29, 0.717) is 21.7 Å². The van der Waals surface area contributed by atoms with E-state index in [1.54, 1.807) is 42.6 Å². The number of aromatic nitrogens is 2. The standard InChI is InChI=1S/C13H10ClN3O2S/c14-9-3-5-10(6-4-9)17-20(18,19)12-8-16-13-11(12)2-1-7-15-13/h1-8,17H,(H,15,16). The molecule has 3 aromatic rings. The molecule has 0 radical (unpaired) electrons. The van der Waals surface area contributed by atoms with Crippen LogP contribution in [0.1, 0.15) is 0 Å². The summed E-state index contributed by atoms with van der Waals surface area (Å²) >= 11 is 5.77. The zero-order valence-corrected chi connectivity index (χ0v) is 11.7. The summed E-state index contributed by atoms with van der Waals surface area (Å²) in [4.78, 5) is 7.07. The molecule has 0 atom stereocenters. The van der Waals surface area contributed by atoms with Crippen LogP contribution in [0.25, 0.3) is 11.0 Å². The Balaban J connectivity index is 2.01. The molecule has 0 aliphatic heterocycles. The normalized spacial score (nSPS) is 11.7. The van der Waals surface area contributed by atoms with Gasteiger partial charge in [-0.3, -0.25) is 4.72 Å². The average molecular weight is 308 g/mol. The SMILES string of the molecule is O=S(=O)(Nc1ccc(Cl)cc1)c1c[nH]c2ncccc12. The number of aromatic amines is 1. The summed E-state index contributed by atoms with van der Waals surface area (Å²) in [7, 11) is -3.67. The number of sulfonamides is 1. The molecule has 1 aromatic carbocycles. The van der Waals surface area contributed by atoms with Gasteiger partial charge < -0.3 is 4.98 Å². The minimum absolute atomic E-state index is 0.163. The number of rotatable bonds is 3. The van der Waals surface area contributed by atoms with E-state index in [1.807, 2.05) is 0 Å². The van der Waals surface area contributed by atoms with Crippen molar-refractivity contribution in [2.24, 2.45) is 0 Å². The van der Waals surface area contributed by atoms with Gasteiger partial charge in [0.25, 0.3) is 10.0 Å². The van der Waals surface area contributed by atoms with Crippen LogP contribution in [0.3, 0.4) is 0 Å². The van der Waals surface area contributed by atoms with Crippen molar-refractivity contribution < 1.29 is 8.42 Å². The molecule has 20 heavy (non-hydrogen) atoms. The van der Waals surface area contributed by atoms with Crippen molar-refractivity contribution in [3.8, 4) is 0 Å². The molecule has 2 N–H and O–H groups in total. The van der Waals surface area contributed by atoms with Crippen LogP contribution >= 0.6 is 11.6 Å². The molecule has 0 amide bonds. The lowest BCUT2D eigenvalue weighted by molar-refractivity contribution is 0.602. The molecule has 7 heteroatoms. The van der Waals surface area contributed by atoms with Gasteiger partial charge in [-0.05, 0) is 36.4 Å². The fourth-order valence-corrected chi connectivity index (χ4v) is 3.23. The summed E-state index contributed by atoms with van der Waals surface area (Å²) in [5.41, 5.74) is 0.983. The molecule has 0 saturated carbocycles. The second-order valence-electron chi connectivity index (χ2n) is 4.16. The second kappa shape index (κ2) is 4.81. The minimum atomic E-state index is -3.67. The molecular weight excluding hydrogens is 298 g/mol. The van der Waals surface area contributed by atoms with Gasteiger partial charge in [-0.1, -0.05) is 11.6 Å². The van der Waals surface area contributed by atoms with Crippen molar-refractivity contribution in [2.75, 3.05) is 4.72 Å². The van der Waals surface area contributed by atoms with Crippen LogP contribution in [0, 0.1) is 0 Å². The Morgan fingerprint density at radius 3 is 2.65 bits per heavy atom. The quantitative estimate of drug-likeness (QED) is 0.781.